The minimum Gasteiger partial charge on any atom is -0.493 e. The molecule has 3 rings (SSSR count). The number of nitrogens with zero attached hydrogens (tertiary/aromatic N) is 1. The number of ether oxygens (including phenoxy) is 4. The summed E-state index contributed by atoms with van der Waals surface area (Å²) in [4.78, 5) is 15.3. The minimum absolute atomic E-state index is 0.000969. The van der Waals surface area contributed by atoms with E-state index in [-0.39, 0.29) is 24.0 Å². The Morgan fingerprint density at radius 2 is 1.42 bits per heavy atom. The van der Waals surface area contributed by atoms with Crippen molar-refractivity contribution in [2.24, 2.45) is 5.14 Å². The highest BCUT2D eigenvalue weighted by Gasteiger charge is 2.38. The van der Waals surface area contributed by atoms with Gasteiger partial charge in [-0.2, -0.15) is 13.6 Å². The molecule has 180 valence electrons. The molecule has 1 aliphatic heterocycles. The van der Waals surface area contributed by atoms with Crippen LogP contribution in [0.1, 0.15) is 35.3 Å². The Morgan fingerprint density at radius 1 is 0.879 bits per heavy atom. The Bertz CT molecular complexity index is 1150. The van der Waals surface area contributed by atoms with E-state index in [9.17, 15) is 13.2 Å². The van der Waals surface area contributed by atoms with E-state index in [0.29, 0.717) is 29.2 Å². The summed E-state index contributed by atoms with van der Waals surface area (Å²) in [6.07, 6.45) is 0.448. The molecule has 0 saturated heterocycles. The number of rotatable bonds is 7. The number of hydrogen-bond donors (Lipinski definition) is 1. The zero-order valence-corrected chi connectivity index (χ0v) is 20.2. The lowest BCUT2D eigenvalue weighted by Crippen LogP contribution is -2.51. The fourth-order valence-corrected chi connectivity index (χ4v) is 4.34. The standard InChI is InChI=1S/C22H28N2O8S/c1-22(2)11-14-9-17(32-33(23,26)27)16(28-3)10-15(14)12-24(22)21(25)13-7-18(29-4)20(31-6)19(8-13)30-5/h7-10H,11-12H2,1-6H3,(H2,23,26,27). The van der Waals surface area contributed by atoms with Crippen LogP contribution in [0.3, 0.4) is 0 Å². The van der Waals surface area contributed by atoms with Crippen molar-refractivity contribution in [2.45, 2.75) is 32.4 Å². The highest BCUT2D eigenvalue weighted by atomic mass is 32.2. The predicted octanol–water partition coefficient (Wildman–Crippen LogP) is 2.28. The molecule has 11 heteroatoms. The Kier molecular flexibility index (Phi) is 6.66. The van der Waals surface area contributed by atoms with Gasteiger partial charge in [-0.1, -0.05) is 0 Å². The average molecular weight is 481 g/mol. The Hall–Kier alpha value is -3.18. The molecule has 10 nitrogen and oxygen atoms in total. The number of amides is 1. The number of carbonyl (C=O) groups excluding carboxylic acids is 1. The Labute approximate surface area is 193 Å². The topological polar surface area (TPSA) is 127 Å². The number of benzene rings is 2. The summed E-state index contributed by atoms with van der Waals surface area (Å²) >= 11 is 0. The lowest BCUT2D eigenvalue weighted by atomic mass is 9.84. The zero-order valence-electron chi connectivity index (χ0n) is 19.4. The fraction of sp³-hybridized carbons (Fsp3) is 0.409. The van der Waals surface area contributed by atoms with Crippen LogP contribution in [-0.2, 0) is 23.3 Å². The molecule has 0 bridgehead atoms. The van der Waals surface area contributed by atoms with Crippen LogP contribution in [0.4, 0.5) is 0 Å². The van der Waals surface area contributed by atoms with Crippen LogP contribution < -0.4 is 28.3 Å². The van der Waals surface area contributed by atoms with Gasteiger partial charge in [-0.05, 0) is 55.7 Å². The lowest BCUT2D eigenvalue weighted by molar-refractivity contribution is 0.0487. The van der Waals surface area contributed by atoms with Crippen LogP contribution in [0, 0.1) is 0 Å². The number of methoxy groups -OCH3 is 4. The molecule has 1 aliphatic rings. The minimum atomic E-state index is -4.22. The average Bonchev–Trinajstić information content (AvgIpc) is 2.75. The van der Waals surface area contributed by atoms with Gasteiger partial charge >= 0.3 is 10.3 Å². The van der Waals surface area contributed by atoms with E-state index in [1.165, 1.54) is 28.4 Å². The van der Waals surface area contributed by atoms with Crippen LogP contribution in [0.5, 0.6) is 28.7 Å². The van der Waals surface area contributed by atoms with Crippen LogP contribution in [0.25, 0.3) is 0 Å². The summed E-state index contributed by atoms with van der Waals surface area (Å²) in [6.45, 7) is 4.12. The normalized spacial score (nSPS) is 14.8. The zero-order chi connectivity index (χ0) is 24.6. The second-order valence-electron chi connectivity index (χ2n) is 8.14. The second kappa shape index (κ2) is 8.99. The summed E-state index contributed by atoms with van der Waals surface area (Å²) in [5, 5.41) is 5.03. The number of hydrogen-bond acceptors (Lipinski definition) is 8. The van der Waals surface area contributed by atoms with Gasteiger partial charge in [0.25, 0.3) is 5.91 Å². The monoisotopic (exact) mass is 480 g/mol. The van der Waals surface area contributed by atoms with Gasteiger partial charge in [0.2, 0.25) is 5.75 Å². The third kappa shape index (κ3) is 4.93. The molecule has 0 unspecified atom stereocenters. The molecule has 2 aromatic carbocycles. The molecule has 33 heavy (non-hydrogen) atoms. The highest BCUT2D eigenvalue weighted by Crippen LogP contribution is 2.41. The molecule has 2 aromatic rings. The first kappa shape index (κ1) is 24.5. The van der Waals surface area contributed by atoms with Gasteiger partial charge in [-0.15, -0.1) is 0 Å². The molecule has 0 radical (unpaired) electrons. The number of nitrogens with two attached hydrogens (primary N) is 1. The van der Waals surface area contributed by atoms with Crippen molar-refractivity contribution in [3.8, 4) is 28.7 Å². The molecule has 0 fully saturated rings. The first-order chi connectivity index (χ1) is 15.4. The van der Waals surface area contributed by atoms with Gasteiger partial charge in [-0.3, -0.25) is 4.79 Å². The third-order valence-electron chi connectivity index (χ3n) is 5.53. The fourth-order valence-electron chi connectivity index (χ4n) is 3.96. The molecule has 0 aliphatic carbocycles. The predicted molar refractivity (Wildman–Crippen MR) is 120 cm³/mol. The van der Waals surface area contributed by atoms with E-state index in [4.69, 9.17) is 28.3 Å². The van der Waals surface area contributed by atoms with Crippen molar-refractivity contribution in [3.63, 3.8) is 0 Å². The van der Waals surface area contributed by atoms with Crippen molar-refractivity contribution < 1.29 is 36.3 Å². The molecule has 2 N–H and O–H groups in total. The first-order valence-corrected chi connectivity index (χ1v) is 11.4. The molecule has 1 amide bonds. The van der Waals surface area contributed by atoms with Gasteiger partial charge in [0, 0.05) is 17.6 Å². The summed E-state index contributed by atoms with van der Waals surface area (Å²) in [5.41, 5.74) is 1.40. The van der Waals surface area contributed by atoms with Gasteiger partial charge in [0.1, 0.15) is 0 Å². The van der Waals surface area contributed by atoms with Crippen molar-refractivity contribution >= 4 is 16.2 Å². The molecule has 0 spiro atoms. The van der Waals surface area contributed by atoms with Gasteiger partial charge in [-0.25, -0.2) is 0 Å². The number of carbonyl (C=O) groups is 1. The van der Waals surface area contributed by atoms with Gasteiger partial charge in [0.05, 0.1) is 28.4 Å². The maximum absolute atomic E-state index is 13.6. The molecule has 0 aromatic heterocycles. The summed E-state index contributed by atoms with van der Waals surface area (Å²) in [5.74, 6) is 1.12. The van der Waals surface area contributed by atoms with Gasteiger partial charge in [0.15, 0.2) is 23.0 Å². The van der Waals surface area contributed by atoms with Crippen molar-refractivity contribution in [2.75, 3.05) is 28.4 Å². The van der Waals surface area contributed by atoms with Crippen molar-refractivity contribution in [1.29, 1.82) is 0 Å². The van der Waals surface area contributed by atoms with Crippen LogP contribution in [-0.4, -0.2) is 53.2 Å². The van der Waals surface area contributed by atoms with E-state index in [2.05, 4.69) is 0 Å². The van der Waals surface area contributed by atoms with Gasteiger partial charge < -0.3 is 28.0 Å². The smallest absolute Gasteiger partial charge is 0.380 e. The molecule has 0 atom stereocenters. The number of fused-ring (bicyclic) bond motifs is 1. The van der Waals surface area contributed by atoms with E-state index in [1.54, 1.807) is 29.2 Å². The second-order valence-corrected chi connectivity index (χ2v) is 9.29. The summed E-state index contributed by atoms with van der Waals surface area (Å²) in [7, 11) is 1.64. The largest absolute Gasteiger partial charge is 0.493 e. The van der Waals surface area contributed by atoms with E-state index in [1.807, 2.05) is 13.8 Å². The molecule has 1 heterocycles. The van der Waals surface area contributed by atoms with Crippen molar-refractivity contribution in [3.05, 3.63) is 41.0 Å². The Balaban J connectivity index is 2.03. The first-order valence-electron chi connectivity index (χ1n) is 9.98. The highest BCUT2D eigenvalue weighted by molar-refractivity contribution is 7.84. The SMILES string of the molecule is COc1cc2c(cc1OS(N)(=O)=O)CC(C)(C)N(C(=O)c1cc(OC)c(OC)c(OC)c1)C2. The maximum Gasteiger partial charge on any atom is 0.380 e. The Morgan fingerprint density at radius 3 is 1.91 bits per heavy atom. The molecular weight excluding hydrogens is 452 g/mol. The third-order valence-corrected chi connectivity index (χ3v) is 5.94. The van der Waals surface area contributed by atoms with E-state index >= 15 is 0 Å². The summed E-state index contributed by atoms with van der Waals surface area (Å²) < 4.78 is 49.1. The van der Waals surface area contributed by atoms with Crippen LogP contribution in [0.2, 0.25) is 0 Å². The molecular formula is C22H28N2O8S. The lowest BCUT2D eigenvalue weighted by Gasteiger charge is -2.43. The summed E-state index contributed by atoms with van der Waals surface area (Å²) in [6, 6.07) is 6.46. The van der Waals surface area contributed by atoms with Crippen LogP contribution >= 0.6 is 0 Å². The quantitative estimate of drug-likeness (QED) is 0.640. The van der Waals surface area contributed by atoms with E-state index in [0.717, 1.165) is 11.1 Å². The maximum atomic E-state index is 13.6. The van der Waals surface area contributed by atoms with Crippen molar-refractivity contribution in [1.82, 2.24) is 4.90 Å². The molecule has 0 saturated carbocycles. The van der Waals surface area contributed by atoms with E-state index < -0.39 is 15.8 Å². The van der Waals surface area contributed by atoms with Crippen LogP contribution in [0.15, 0.2) is 24.3 Å².